The first-order valence-corrected chi connectivity index (χ1v) is 6.40. The van der Waals surface area contributed by atoms with Crippen LogP contribution in [0, 0.1) is 0 Å². The Morgan fingerprint density at radius 1 is 1.22 bits per heavy atom. The van der Waals surface area contributed by atoms with Crippen molar-refractivity contribution in [1.82, 2.24) is 5.06 Å². The molecule has 0 saturated carbocycles. The predicted molar refractivity (Wildman–Crippen MR) is 53.0 cm³/mol. The smallest absolute Gasteiger partial charge is 0.233 e. The van der Waals surface area contributed by atoms with Crippen LogP contribution in [-0.4, -0.2) is 72.7 Å². The molecule has 108 valence electrons. The van der Waals surface area contributed by atoms with Crippen molar-refractivity contribution in [3.63, 3.8) is 0 Å². The lowest BCUT2D eigenvalue weighted by Crippen LogP contribution is -2.44. The molecule has 11 heteroatoms. The minimum atomic E-state index is -5.08. The van der Waals surface area contributed by atoms with Crippen LogP contribution in [0.15, 0.2) is 0 Å². The van der Waals surface area contributed by atoms with Gasteiger partial charge in [-0.25, -0.2) is 5.06 Å². The fraction of sp³-hybridized carbons (Fsp3) is 0.857. The Kier molecular flexibility index (Phi) is 6.89. The molecule has 0 aromatic carbocycles. The number of nitrogens with zero attached hydrogens (tertiary/aromatic N) is 1. The van der Waals surface area contributed by atoms with Gasteiger partial charge in [0.05, 0.1) is 12.6 Å². The number of amides is 1. The van der Waals surface area contributed by atoms with E-state index in [9.17, 15) is 29.6 Å². The van der Waals surface area contributed by atoms with Gasteiger partial charge in [0.25, 0.3) is 0 Å². The van der Waals surface area contributed by atoms with Gasteiger partial charge in [-0.05, 0) is 0 Å². The van der Waals surface area contributed by atoms with Crippen molar-refractivity contribution in [2.45, 2.75) is 30.6 Å². The molecule has 5 atom stereocenters. The number of rotatable bonds is 8. The predicted octanol–water partition coefficient (Wildman–Crippen LogP) is -3.83. The van der Waals surface area contributed by atoms with Gasteiger partial charge in [-0.3, -0.25) is 10.0 Å². The quantitative estimate of drug-likeness (QED) is 0.113. The van der Waals surface area contributed by atoms with Gasteiger partial charge >= 0.3 is 0 Å². The van der Waals surface area contributed by atoms with Gasteiger partial charge in [0.15, 0.2) is 7.60 Å². The lowest BCUT2D eigenvalue weighted by molar-refractivity contribution is -0.204. The fourth-order valence-corrected chi connectivity index (χ4v) is 1.57. The molecular weight excluding hydrogens is 273 g/mol. The van der Waals surface area contributed by atoms with Crippen LogP contribution in [-0.2, 0) is 9.36 Å². The number of aliphatic hydroxyl groups is 4. The first-order chi connectivity index (χ1) is 8.09. The van der Waals surface area contributed by atoms with Gasteiger partial charge in [-0.2, -0.15) is 0 Å². The largest absolute Gasteiger partial charge is 0.777 e. The summed E-state index contributed by atoms with van der Waals surface area (Å²) in [5, 5.41) is 45.4. The average Bonchev–Trinajstić information content (AvgIpc) is 2.26. The Morgan fingerprint density at radius 2 is 1.72 bits per heavy atom. The van der Waals surface area contributed by atoms with Crippen LogP contribution in [0.3, 0.4) is 0 Å². The van der Waals surface area contributed by atoms with Crippen molar-refractivity contribution < 1.29 is 44.8 Å². The molecule has 0 spiro atoms. The number of hydroxylamine groups is 2. The van der Waals surface area contributed by atoms with E-state index in [4.69, 9.17) is 15.2 Å². The number of carbonyl (C=O) groups excluding carboxylic acids is 1. The maximum Gasteiger partial charge on any atom is 0.233 e. The molecular formula is C7H15NO9P-. The van der Waals surface area contributed by atoms with Gasteiger partial charge in [0.1, 0.15) is 18.1 Å². The topological polar surface area (TPSA) is 182 Å². The molecule has 0 aliphatic heterocycles. The van der Waals surface area contributed by atoms with Gasteiger partial charge in [-0.15, -0.1) is 0 Å². The summed E-state index contributed by atoms with van der Waals surface area (Å²) in [6.07, 6.45) is -6.59. The molecule has 18 heavy (non-hydrogen) atoms. The van der Waals surface area contributed by atoms with E-state index in [1.807, 2.05) is 0 Å². The van der Waals surface area contributed by atoms with Crippen molar-refractivity contribution in [2.75, 3.05) is 6.54 Å². The summed E-state index contributed by atoms with van der Waals surface area (Å²) in [5.41, 5.74) is 0. The third-order valence-electron chi connectivity index (χ3n) is 2.11. The molecule has 0 radical (unpaired) electrons. The zero-order chi connectivity index (χ0) is 14.5. The number of hydrogen-bond acceptors (Lipinski definition) is 8. The van der Waals surface area contributed by atoms with E-state index >= 15 is 0 Å². The van der Waals surface area contributed by atoms with E-state index < -0.39 is 44.7 Å². The highest BCUT2D eigenvalue weighted by Gasteiger charge is 2.30. The monoisotopic (exact) mass is 288 g/mol. The maximum absolute atomic E-state index is 10.5. The minimum absolute atomic E-state index is 0.00156. The van der Waals surface area contributed by atoms with Crippen LogP contribution in [0.25, 0.3) is 0 Å². The van der Waals surface area contributed by atoms with Gasteiger partial charge in [-0.1, -0.05) is 0 Å². The molecule has 0 aromatic rings. The lowest BCUT2D eigenvalue weighted by Gasteiger charge is -2.28. The summed E-state index contributed by atoms with van der Waals surface area (Å²) in [6, 6.07) is 0. The van der Waals surface area contributed by atoms with Crippen LogP contribution in [0.4, 0.5) is 0 Å². The molecule has 10 nitrogen and oxygen atoms in total. The summed E-state index contributed by atoms with van der Waals surface area (Å²) in [5.74, 6) is -2.30. The Morgan fingerprint density at radius 3 is 2.11 bits per heavy atom. The highest BCUT2D eigenvalue weighted by atomic mass is 31.2. The molecule has 0 saturated heterocycles. The molecule has 0 aromatic heterocycles. The second-order valence-electron chi connectivity index (χ2n) is 3.63. The van der Waals surface area contributed by atoms with Gasteiger partial charge in [0.2, 0.25) is 6.41 Å². The van der Waals surface area contributed by atoms with E-state index in [2.05, 4.69) is 0 Å². The molecule has 6 N–H and O–H groups in total. The summed E-state index contributed by atoms with van der Waals surface area (Å²) in [4.78, 5) is 28.9. The SMILES string of the molecule is O=CN(O)C[C@H](O)[C@H](O)[C@H](O)CC(O)P(=O)([O-])O. The Balaban J connectivity index is 4.37. The fourth-order valence-electron chi connectivity index (χ4n) is 1.09. The molecule has 1 amide bonds. The van der Waals surface area contributed by atoms with Crippen LogP contribution in [0.2, 0.25) is 0 Å². The molecule has 2 unspecified atom stereocenters. The summed E-state index contributed by atoms with van der Waals surface area (Å²) >= 11 is 0. The normalized spacial score (nSPS) is 21.5. The van der Waals surface area contributed by atoms with Crippen LogP contribution < -0.4 is 4.89 Å². The third-order valence-corrected chi connectivity index (χ3v) is 3.08. The molecule has 0 fully saturated rings. The molecule has 0 heterocycles. The van der Waals surface area contributed by atoms with Gasteiger partial charge < -0.3 is 34.8 Å². The molecule has 0 bridgehead atoms. The number of hydrogen-bond donors (Lipinski definition) is 6. The number of carbonyl (C=O) groups is 1. The average molecular weight is 288 g/mol. The number of aliphatic hydroxyl groups excluding tert-OH is 4. The lowest BCUT2D eigenvalue weighted by atomic mass is 10.1. The minimum Gasteiger partial charge on any atom is -0.777 e. The Labute approximate surface area is 102 Å². The van der Waals surface area contributed by atoms with Crippen molar-refractivity contribution in [2.24, 2.45) is 0 Å². The molecule has 0 rings (SSSR count). The first-order valence-electron chi connectivity index (χ1n) is 4.76. The van der Waals surface area contributed by atoms with Gasteiger partial charge in [0, 0.05) is 6.42 Å². The molecule has 0 aliphatic carbocycles. The first kappa shape index (κ1) is 17.4. The highest BCUT2D eigenvalue weighted by Crippen LogP contribution is 2.37. The van der Waals surface area contributed by atoms with Crippen molar-refractivity contribution in [3.05, 3.63) is 0 Å². The molecule has 0 aliphatic rings. The zero-order valence-electron chi connectivity index (χ0n) is 9.10. The third kappa shape index (κ3) is 5.85. The summed E-state index contributed by atoms with van der Waals surface area (Å²) < 4.78 is 10.5. The van der Waals surface area contributed by atoms with E-state index in [1.165, 1.54) is 0 Å². The van der Waals surface area contributed by atoms with E-state index in [0.717, 1.165) is 0 Å². The van der Waals surface area contributed by atoms with Crippen LogP contribution >= 0.6 is 7.60 Å². The Bertz CT molecular complexity index is 307. The second-order valence-corrected chi connectivity index (χ2v) is 5.36. The van der Waals surface area contributed by atoms with E-state index in [1.54, 1.807) is 0 Å². The standard InChI is InChI=1S/C7H16NO9P/c9-3-8(14)2-5(11)7(13)4(10)1-6(12)18(15,16)17/h3-7,10-14H,1-2H2,(H2,15,16,17)/p-1/t4-,5+,6?,7-/m1/s1. The summed E-state index contributed by atoms with van der Waals surface area (Å²) in [7, 11) is -5.08. The van der Waals surface area contributed by atoms with Crippen LogP contribution in [0.1, 0.15) is 6.42 Å². The van der Waals surface area contributed by atoms with E-state index in [-0.39, 0.29) is 11.5 Å². The van der Waals surface area contributed by atoms with Crippen molar-refractivity contribution in [3.8, 4) is 0 Å². The van der Waals surface area contributed by atoms with E-state index in [0.29, 0.717) is 0 Å². The second kappa shape index (κ2) is 7.12. The van der Waals surface area contributed by atoms with Crippen molar-refractivity contribution in [1.29, 1.82) is 0 Å². The zero-order valence-corrected chi connectivity index (χ0v) is 10.00. The highest BCUT2D eigenvalue weighted by molar-refractivity contribution is 7.50. The van der Waals surface area contributed by atoms with Crippen LogP contribution in [0.5, 0.6) is 0 Å². The maximum atomic E-state index is 10.5. The summed E-state index contributed by atoms with van der Waals surface area (Å²) in [6.45, 7) is -0.730. The van der Waals surface area contributed by atoms with Crippen molar-refractivity contribution >= 4 is 14.0 Å². The Hall–Kier alpha value is -0.580.